The number of fused-ring (bicyclic) bond motifs is 1. The van der Waals surface area contributed by atoms with Crippen LogP contribution < -0.4 is 10.1 Å². The number of benzene rings is 3. The first-order valence-corrected chi connectivity index (χ1v) is 8.14. The fourth-order valence-corrected chi connectivity index (χ4v) is 2.66. The average molecular weight is 344 g/mol. The standard InChI is InChI=1S/C21H16N2O3/c1-25-17-6-4-5-15(13-17)20(24)22-16-11-9-14(10-12-16)21-23-18-7-2-3-8-19(18)26-21/h2-13H,1H3,(H,22,24). The van der Waals surface area contributed by atoms with Crippen LogP contribution >= 0.6 is 0 Å². The Morgan fingerprint density at radius 3 is 2.58 bits per heavy atom. The maximum Gasteiger partial charge on any atom is 0.255 e. The van der Waals surface area contributed by atoms with Crippen LogP contribution in [0, 0.1) is 0 Å². The minimum absolute atomic E-state index is 0.196. The maximum atomic E-state index is 12.4. The third kappa shape index (κ3) is 3.15. The summed E-state index contributed by atoms with van der Waals surface area (Å²) in [5, 5.41) is 2.87. The summed E-state index contributed by atoms with van der Waals surface area (Å²) in [6.07, 6.45) is 0. The number of oxazole rings is 1. The predicted molar refractivity (Wildman–Crippen MR) is 100 cm³/mol. The third-order valence-electron chi connectivity index (χ3n) is 4.02. The first kappa shape index (κ1) is 15.9. The van der Waals surface area contributed by atoms with Crippen molar-refractivity contribution in [3.63, 3.8) is 0 Å². The Kier molecular flexibility index (Phi) is 4.11. The lowest BCUT2D eigenvalue weighted by Crippen LogP contribution is -2.11. The lowest BCUT2D eigenvalue weighted by molar-refractivity contribution is 0.102. The van der Waals surface area contributed by atoms with Crippen LogP contribution in [0.5, 0.6) is 5.75 Å². The van der Waals surface area contributed by atoms with Crippen LogP contribution in [0.3, 0.4) is 0 Å². The molecule has 0 saturated carbocycles. The van der Waals surface area contributed by atoms with Crippen molar-refractivity contribution in [2.75, 3.05) is 12.4 Å². The smallest absolute Gasteiger partial charge is 0.255 e. The summed E-state index contributed by atoms with van der Waals surface area (Å²) >= 11 is 0. The average Bonchev–Trinajstić information content (AvgIpc) is 3.13. The number of rotatable bonds is 4. The van der Waals surface area contributed by atoms with E-state index in [9.17, 15) is 4.79 Å². The first-order chi connectivity index (χ1) is 12.7. The zero-order chi connectivity index (χ0) is 17.9. The highest BCUT2D eigenvalue weighted by Gasteiger charge is 2.10. The van der Waals surface area contributed by atoms with Crippen LogP contribution in [0.25, 0.3) is 22.6 Å². The third-order valence-corrected chi connectivity index (χ3v) is 4.02. The van der Waals surface area contributed by atoms with Gasteiger partial charge in [-0.05, 0) is 54.6 Å². The molecule has 0 unspecified atom stereocenters. The molecule has 1 aromatic heterocycles. The van der Waals surface area contributed by atoms with Gasteiger partial charge in [0.1, 0.15) is 11.3 Å². The Balaban J connectivity index is 1.53. The molecule has 26 heavy (non-hydrogen) atoms. The molecule has 0 aliphatic heterocycles. The Hall–Kier alpha value is -3.60. The van der Waals surface area contributed by atoms with Crippen molar-refractivity contribution < 1.29 is 13.9 Å². The van der Waals surface area contributed by atoms with E-state index in [1.807, 2.05) is 48.5 Å². The van der Waals surface area contributed by atoms with Crippen molar-refractivity contribution in [1.82, 2.24) is 4.98 Å². The summed E-state index contributed by atoms with van der Waals surface area (Å²) < 4.78 is 10.9. The number of carbonyl (C=O) groups excluding carboxylic acids is 1. The van der Waals surface area contributed by atoms with E-state index in [4.69, 9.17) is 9.15 Å². The van der Waals surface area contributed by atoms with Crippen molar-refractivity contribution in [2.45, 2.75) is 0 Å². The molecule has 5 nitrogen and oxygen atoms in total. The highest BCUT2D eigenvalue weighted by Crippen LogP contribution is 2.25. The second kappa shape index (κ2) is 6.72. The number of anilines is 1. The van der Waals surface area contributed by atoms with E-state index in [1.54, 1.807) is 31.4 Å². The maximum absolute atomic E-state index is 12.4. The first-order valence-electron chi connectivity index (χ1n) is 8.14. The molecule has 5 heteroatoms. The Morgan fingerprint density at radius 1 is 1.00 bits per heavy atom. The molecule has 1 N–H and O–H groups in total. The molecule has 0 aliphatic carbocycles. The number of hydrogen-bond donors (Lipinski definition) is 1. The normalized spacial score (nSPS) is 10.7. The Morgan fingerprint density at radius 2 is 1.81 bits per heavy atom. The van der Waals surface area contributed by atoms with Gasteiger partial charge in [0.05, 0.1) is 7.11 Å². The summed E-state index contributed by atoms with van der Waals surface area (Å²) in [7, 11) is 1.57. The zero-order valence-corrected chi connectivity index (χ0v) is 14.1. The number of hydrogen-bond acceptors (Lipinski definition) is 4. The minimum atomic E-state index is -0.196. The molecular formula is C21H16N2O3. The monoisotopic (exact) mass is 344 g/mol. The zero-order valence-electron chi connectivity index (χ0n) is 14.1. The van der Waals surface area contributed by atoms with Crippen LogP contribution in [0.2, 0.25) is 0 Å². The number of nitrogens with zero attached hydrogens (tertiary/aromatic N) is 1. The van der Waals surface area contributed by atoms with E-state index >= 15 is 0 Å². The van der Waals surface area contributed by atoms with E-state index in [0.29, 0.717) is 22.9 Å². The van der Waals surface area contributed by atoms with Gasteiger partial charge in [0.2, 0.25) is 5.89 Å². The van der Waals surface area contributed by atoms with Crippen LogP contribution in [-0.2, 0) is 0 Å². The van der Waals surface area contributed by atoms with Gasteiger partial charge in [0, 0.05) is 16.8 Å². The number of amides is 1. The van der Waals surface area contributed by atoms with Crippen LogP contribution in [0.15, 0.2) is 77.2 Å². The number of carbonyl (C=O) groups is 1. The summed E-state index contributed by atoms with van der Waals surface area (Å²) in [6, 6.07) is 22.0. The molecule has 0 fully saturated rings. The molecule has 0 atom stereocenters. The molecule has 0 radical (unpaired) electrons. The molecule has 1 amide bonds. The molecule has 128 valence electrons. The molecule has 4 aromatic rings. The van der Waals surface area contributed by atoms with Gasteiger partial charge in [0.25, 0.3) is 5.91 Å². The second-order valence-corrected chi connectivity index (χ2v) is 5.75. The fourth-order valence-electron chi connectivity index (χ4n) is 2.66. The van der Waals surface area contributed by atoms with E-state index in [1.165, 1.54) is 0 Å². The summed E-state index contributed by atoms with van der Waals surface area (Å²) in [4.78, 5) is 16.8. The second-order valence-electron chi connectivity index (χ2n) is 5.75. The Labute approximate surface area is 150 Å². The van der Waals surface area contributed by atoms with Crippen LogP contribution in [0.1, 0.15) is 10.4 Å². The van der Waals surface area contributed by atoms with Gasteiger partial charge in [-0.3, -0.25) is 4.79 Å². The van der Waals surface area contributed by atoms with Crippen LogP contribution in [0.4, 0.5) is 5.69 Å². The molecule has 3 aromatic carbocycles. The molecule has 0 bridgehead atoms. The van der Waals surface area contributed by atoms with Gasteiger partial charge in [-0.2, -0.15) is 0 Å². The van der Waals surface area contributed by atoms with Crippen molar-refractivity contribution in [3.05, 3.63) is 78.4 Å². The van der Waals surface area contributed by atoms with E-state index in [2.05, 4.69) is 10.3 Å². The number of methoxy groups -OCH3 is 1. The Bertz CT molecular complexity index is 1040. The molecule has 0 saturated heterocycles. The summed E-state index contributed by atoms with van der Waals surface area (Å²) in [5.41, 5.74) is 3.64. The predicted octanol–water partition coefficient (Wildman–Crippen LogP) is 4.76. The number of ether oxygens (including phenoxy) is 1. The van der Waals surface area contributed by atoms with E-state index < -0.39 is 0 Å². The summed E-state index contributed by atoms with van der Waals surface area (Å²) in [6.45, 7) is 0. The van der Waals surface area contributed by atoms with Crippen molar-refractivity contribution >= 4 is 22.7 Å². The number of para-hydroxylation sites is 2. The van der Waals surface area contributed by atoms with Crippen molar-refractivity contribution in [3.8, 4) is 17.2 Å². The topological polar surface area (TPSA) is 64.4 Å². The van der Waals surface area contributed by atoms with Gasteiger partial charge in [-0.15, -0.1) is 0 Å². The summed E-state index contributed by atoms with van der Waals surface area (Å²) in [5.74, 6) is 0.999. The SMILES string of the molecule is COc1cccc(C(=O)Nc2ccc(-c3nc4ccccc4o3)cc2)c1. The molecular weight excluding hydrogens is 328 g/mol. The van der Waals surface area contributed by atoms with Gasteiger partial charge in [-0.25, -0.2) is 4.98 Å². The molecule has 4 rings (SSSR count). The highest BCUT2D eigenvalue weighted by atomic mass is 16.5. The van der Waals surface area contributed by atoms with E-state index in [-0.39, 0.29) is 5.91 Å². The molecule has 1 heterocycles. The van der Waals surface area contributed by atoms with Crippen molar-refractivity contribution in [2.24, 2.45) is 0 Å². The fraction of sp³-hybridized carbons (Fsp3) is 0.0476. The lowest BCUT2D eigenvalue weighted by Gasteiger charge is -2.07. The van der Waals surface area contributed by atoms with Gasteiger partial charge < -0.3 is 14.5 Å². The number of aromatic nitrogens is 1. The number of nitrogens with one attached hydrogen (secondary N) is 1. The molecule has 0 spiro atoms. The van der Waals surface area contributed by atoms with Gasteiger partial charge in [0.15, 0.2) is 5.58 Å². The van der Waals surface area contributed by atoms with Gasteiger partial charge >= 0.3 is 0 Å². The highest BCUT2D eigenvalue weighted by molar-refractivity contribution is 6.04. The largest absolute Gasteiger partial charge is 0.497 e. The lowest BCUT2D eigenvalue weighted by atomic mass is 10.1. The molecule has 0 aliphatic rings. The van der Waals surface area contributed by atoms with Crippen molar-refractivity contribution in [1.29, 1.82) is 0 Å². The minimum Gasteiger partial charge on any atom is -0.497 e. The van der Waals surface area contributed by atoms with E-state index in [0.717, 1.165) is 16.7 Å². The van der Waals surface area contributed by atoms with Gasteiger partial charge in [-0.1, -0.05) is 18.2 Å². The van der Waals surface area contributed by atoms with Crippen LogP contribution in [-0.4, -0.2) is 18.0 Å². The quantitative estimate of drug-likeness (QED) is 0.580.